The second-order valence-electron chi connectivity index (χ2n) is 10.2. The van der Waals surface area contributed by atoms with Crippen molar-refractivity contribution < 1.29 is 0 Å². The standard InChI is InChI=1S/C32H26N4/c1-32-18-10-9-14-25(32)24-13-5-8-17-28(24)36(32)29-21-30(34-20-19-33(2)31(29)34)35-26-15-6-3-11-22(26)23-12-4-7-16-27(23)35/h3-21,25H,1-2H3. The minimum atomic E-state index is -0.178. The van der Waals surface area contributed by atoms with Crippen LogP contribution in [0.4, 0.5) is 11.4 Å². The molecule has 0 saturated heterocycles. The second kappa shape index (κ2) is 6.82. The fraction of sp³-hybridized carbons (Fsp3) is 0.125. The normalized spacial score (nSPS) is 20.6. The number of allylic oxidation sites excluding steroid dienone is 2. The molecule has 6 aromatic rings. The molecule has 174 valence electrons. The number of anilines is 2. The Morgan fingerprint density at radius 1 is 0.750 bits per heavy atom. The highest BCUT2D eigenvalue weighted by molar-refractivity contribution is 6.09. The predicted molar refractivity (Wildman–Crippen MR) is 149 cm³/mol. The van der Waals surface area contributed by atoms with E-state index in [1.807, 2.05) is 0 Å². The number of nitrogens with zero attached hydrogens (tertiary/aromatic N) is 4. The van der Waals surface area contributed by atoms with Crippen LogP contribution in [0.5, 0.6) is 0 Å². The number of hydrogen-bond donors (Lipinski definition) is 0. The van der Waals surface area contributed by atoms with Crippen molar-refractivity contribution in [1.82, 2.24) is 13.5 Å². The van der Waals surface area contributed by atoms with Crippen molar-refractivity contribution in [2.75, 3.05) is 4.90 Å². The summed E-state index contributed by atoms with van der Waals surface area (Å²) in [5.74, 6) is 1.46. The van der Waals surface area contributed by atoms with E-state index in [-0.39, 0.29) is 5.54 Å². The van der Waals surface area contributed by atoms with Gasteiger partial charge in [0.25, 0.3) is 0 Å². The summed E-state index contributed by atoms with van der Waals surface area (Å²) in [5.41, 5.74) is 7.34. The largest absolute Gasteiger partial charge is 0.334 e. The van der Waals surface area contributed by atoms with Crippen LogP contribution in [0.15, 0.2) is 116 Å². The quantitative estimate of drug-likeness (QED) is 0.258. The summed E-state index contributed by atoms with van der Waals surface area (Å²) >= 11 is 0. The van der Waals surface area contributed by atoms with Gasteiger partial charge in [0, 0.05) is 47.9 Å². The Labute approximate surface area is 209 Å². The van der Waals surface area contributed by atoms with E-state index in [0.29, 0.717) is 5.92 Å². The fourth-order valence-corrected chi connectivity index (χ4v) is 6.69. The van der Waals surface area contributed by atoms with Gasteiger partial charge in [0.1, 0.15) is 11.5 Å². The van der Waals surface area contributed by atoms with E-state index in [1.54, 1.807) is 0 Å². The van der Waals surface area contributed by atoms with Gasteiger partial charge in [-0.1, -0.05) is 78.9 Å². The Balaban J connectivity index is 1.47. The van der Waals surface area contributed by atoms with Crippen molar-refractivity contribution >= 4 is 38.8 Å². The molecule has 1 aliphatic carbocycles. The van der Waals surface area contributed by atoms with Crippen LogP contribution in [0.3, 0.4) is 0 Å². The summed E-state index contributed by atoms with van der Waals surface area (Å²) in [6, 6.07) is 28.7. The third-order valence-corrected chi connectivity index (χ3v) is 8.27. The van der Waals surface area contributed by atoms with Gasteiger partial charge in [-0.2, -0.15) is 0 Å². The van der Waals surface area contributed by atoms with Crippen LogP contribution in [-0.4, -0.2) is 19.1 Å². The van der Waals surface area contributed by atoms with Gasteiger partial charge >= 0.3 is 0 Å². The fourth-order valence-electron chi connectivity index (χ4n) is 6.69. The zero-order chi connectivity index (χ0) is 24.0. The third-order valence-electron chi connectivity index (χ3n) is 8.27. The van der Waals surface area contributed by atoms with E-state index >= 15 is 0 Å². The van der Waals surface area contributed by atoms with E-state index in [0.717, 1.165) is 5.82 Å². The summed E-state index contributed by atoms with van der Waals surface area (Å²) in [6.07, 6.45) is 13.5. The van der Waals surface area contributed by atoms with E-state index in [9.17, 15) is 0 Å². The molecule has 0 bridgehead atoms. The number of aromatic nitrogens is 3. The SMILES string of the molecule is Cn1ccn2c(-n3c4ccccc4c4ccccc43)cc(N3c4ccccc4C4C=CC=CC43C)c12. The van der Waals surface area contributed by atoms with Crippen LogP contribution in [0, 0.1) is 0 Å². The first kappa shape index (κ1) is 19.8. The molecule has 2 atom stereocenters. The molecule has 0 N–H and O–H groups in total. The molecule has 4 heteroatoms. The lowest BCUT2D eigenvalue weighted by Crippen LogP contribution is -2.42. The van der Waals surface area contributed by atoms with E-state index in [4.69, 9.17) is 0 Å². The molecule has 1 aliphatic heterocycles. The number of fused-ring (bicyclic) bond motifs is 7. The molecule has 36 heavy (non-hydrogen) atoms. The van der Waals surface area contributed by atoms with Crippen LogP contribution in [0.2, 0.25) is 0 Å². The minimum absolute atomic E-state index is 0.178. The highest BCUT2D eigenvalue weighted by Crippen LogP contribution is 2.55. The molecule has 0 amide bonds. The van der Waals surface area contributed by atoms with Crippen molar-refractivity contribution in [1.29, 1.82) is 0 Å². The lowest BCUT2D eigenvalue weighted by Gasteiger charge is -2.38. The second-order valence-corrected chi connectivity index (χ2v) is 10.2. The number of imidazole rings is 1. The predicted octanol–water partition coefficient (Wildman–Crippen LogP) is 7.49. The lowest BCUT2D eigenvalue weighted by atomic mass is 9.80. The Kier molecular flexibility index (Phi) is 3.76. The van der Waals surface area contributed by atoms with Gasteiger partial charge in [-0.05, 0) is 30.7 Å². The number of rotatable bonds is 2. The van der Waals surface area contributed by atoms with Crippen LogP contribution < -0.4 is 4.90 Å². The average molecular weight is 467 g/mol. The van der Waals surface area contributed by atoms with Gasteiger partial charge in [-0.15, -0.1) is 0 Å². The first-order valence-electron chi connectivity index (χ1n) is 12.6. The molecule has 4 heterocycles. The first-order valence-corrected chi connectivity index (χ1v) is 12.6. The monoisotopic (exact) mass is 466 g/mol. The third kappa shape index (κ3) is 2.34. The molecule has 4 nitrogen and oxygen atoms in total. The minimum Gasteiger partial charge on any atom is -0.334 e. The number of para-hydroxylation sites is 3. The average Bonchev–Trinajstić information content (AvgIpc) is 3.62. The molecule has 0 radical (unpaired) electrons. The topological polar surface area (TPSA) is 17.5 Å². The maximum Gasteiger partial charge on any atom is 0.142 e. The lowest BCUT2D eigenvalue weighted by molar-refractivity contribution is 0.543. The van der Waals surface area contributed by atoms with Crippen molar-refractivity contribution in [2.45, 2.75) is 18.4 Å². The van der Waals surface area contributed by atoms with Gasteiger partial charge in [0.15, 0.2) is 0 Å². The maximum atomic E-state index is 2.56. The van der Waals surface area contributed by atoms with Crippen molar-refractivity contribution in [3.63, 3.8) is 0 Å². The molecule has 3 aromatic carbocycles. The zero-order valence-corrected chi connectivity index (χ0v) is 20.3. The summed E-state index contributed by atoms with van der Waals surface area (Å²) in [6.45, 7) is 2.37. The maximum absolute atomic E-state index is 2.56. The molecular formula is C32H26N4. The van der Waals surface area contributed by atoms with Gasteiger partial charge < -0.3 is 9.47 Å². The van der Waals surface area contributed by atoms with Crippen LogP contribution in [0.25, 0.3) is 33.3 Å². The van der Waals surface area contributed by atoms with E-state index in [1.165, 1.54) is 44.4 Å². The number of hydrogen-bond acceptors (Lipinski definition) is 1. The summed E-state index contributed by atoms with van der Waals surface area (Å²) in [5, 5.41) is 2.55. The molecule has 0 spiro atoms. The van der Waals surface area contributed by atoms with Gasteiger partial charge in [0.2, 0.25) is 0 Å². The number of aryl methyl sites for hydroxylation is 1. The van der Waals surface area contributed by atoms with Crippen LogP contribution in [-0.2, 0) is 7.05 Å². The van der Waals surface area contributed by atoms with Crippen LogP contribution >= 0.6 is 0 Å². The van der Waals surface area contributed by atoms with Gasteiger partial charge in [-0.3, -0.25) is 8.97 Å². The van der Waals surface area contributed by atoms with Crippen molar-refractivity contribution in [3.05, 3.63) is 121 Å². The Morgan fingerprint density at radius 3 is 2.22 bits per heavy atom. The highest BCUT2D eigenvalue weighted by atomic mass is 15.3. The number of benzene rings is 3. The first-order chi connectivity index (χ1) is 17.7. The summed E-state index contributed by atoms with van der Waals surface area (Å²) < 4.78 is 7.00. The van der Waals surface area contributed by atoms with Crippen molar-refractivity contribution in [2.24, 2.45) is 7.05 Å². The van der Waals surface area contributed by atoms with Crippen LogP contribution in [0.1, 0.15) is 18.4 Å². The summed E-state index contributed by atoms with van der Waals surface area (Å²) in [7, 11) is 2.15. The molecule has 0 saturated carbocycles. The molecule has 2 aliphatic rings. The molecular weight excluding hydrogens is 440 g/mol. The van der Waals surface area contributed by atoms with Gasteiger partial charge in [0.05, 0.1) is 22.3 Å². The Hall–Kier alpha value is -4.44. The summed E-state index contributed by atoms with van der Waals surface area (Å²) in [4.78, 5) is 2.56. The van der Waals surface area contributed by atoms with Crippen molar-refractivity contribution in [3.8, 4) is 5.82 Å². The molecule has 3 aromatic heterocycles. The zero-order valence-electron chi connectivity index (χ0n) is 20.3. The van der Waals surface area contributed by atoms with E-state index in [2.05, 4.69) is 148 Å². The van der Waals surface area contributed by atoms with Gasteiger partial charge in [-0.25, -0.2) is 0 Å². The Morgan fingerprint density at radius 2 is 1.44 bits per heavy atom. The Bertz CT molecular complexity index is 1840. The molecule has 2 unspecified atom stereocenters. The molecule has 8 rings (SSSR count). The molecule has 0 fully saturated rings. The van der Waals surface area contributed by atoms with E-state index < -0.39 is 0 Å². The smallest absolute Gasteiger partial charge is 0.142 e. The highest BCUT2D eigenvalue weighted by Gasteiger charge is 2.47.